The van der Waals surface area contributed by atoms with Crippen molar-refractivity contribution >= 4 is 30.8 Å². The molecule has 0 unspecified atom stereocenters. The lowest BCUT2D eigenvalue weighted by molar-refractivity contribution is 0.320. The molecule has 2 aromatic heterocycles. The van der Waals surface area contributed by atoms with E-state index in [2.05, 4.69) is 9.55 Å². The van der Waals surface area contributed by atoms with Crippen molar-refractivity contribution in [2.45, 2.75) is 30.2 Å². The van der Waals surface area contributed by atoms with Crippen molar-refractivity contribution in [3.05, 3.63) is 24.5 Å². The largest absolute Gasteiger partial charge is 0.329 e. The summed E-state index contributed by atoms with van der Waals surface area (Å²) in [6, 6.07) is 3.96. The highest BCUT2D eigenvalue weighted by Crippen LogP contribution is 2.34. The number of fused-ring (bicyclic) bond motifs is 1. The first kappa shape index (κ1) is 11.0. The SMILES string of the molecule is O=S(=O)(Cl)c1cnc2c(ccn2C2CCC2)c1. The minimum absolute atomic E-state index is 0.0537. The van der Waals surface area contributed by atoms with Crippen molar-refractivity contribution in [3.8, 4) is 0 Å². The highest BCUT2D eigenvalue weighted by atomic mass is 35.7. The molecular weight excluding hydrogens is 260 g/mol. The molecule has 90 valence electrons. The van der Waals surface area contributed by atoms with Crippen LogP contribution in [0.2, 0.25) is 0 Å². The van der Waals surface area contributed by atoms with E-state index in [4.69, 9.17) is 10.7 Å². The number of hydrogen-bond donors (Lipinski definition) is 0. The van der Waals surface area contributed by atoms with E-state index in [1.54, 1.807) is 6.07 Å². The first-order chi connectivity index (χ1) is 8.05. The van der Waals surface area contributed by atoms with Gasteiger partial charge < -0.3 is 4.57 Å². The Labute approximate surface area is 104 Å². The zero-order valence-corrected chi connectivity index (χ0v) is 10.6. The van der Waals surface area contributed by atoms with Crippen LogP contribution in [0, 0.1) is 0 Å². The summed E-state index contributed by atoms with van der Waals surface area (Å²) < 4.78 is 24.5. The Hall–Kier alpha value is -1.07. The van der Waals surface area contributed by atoms with Crippen molar-refractivity contribution in [2.75, 3.05) is 0 Å². The van der Waals surface area contributed by atoms with Gasteiger partial charge in [0.1, 0.15) is 10.5 Å². The molecular formula is C11H11ClN2O2S. The van der Waals surface area contributed by atoms with Gasteiger partial charge >= 0.3 is 0 Å². The van der Waals surface area contributed by atoms with E-state index in [0.29, 0.717) is 6.04 Å². The Morgan fingerprint density at radius 2 is 2.18 bits per heavy atom. The fourth-order valence-corrected chi connectivity index (χ4v) is 2.82. The van der Waals surface area contributed by atoms with Crippen LogP contribution in [0.4, 0.5) is 0 Å². The average molecular weight is 271 g/mol. The number of hydrogen-bond acceptors (Lipinski definition) is 3. The third-order valence-electron chi connectivity index (χ3n) is 3.28. The molecule has 6 heteroatoms. The molecule has 0 radical (unpaired) electrons. The number of nitrogens with zero attached hydrogens (tertiary/aromatic N) is 2. The van der Waals surface area contributed by atoms with Gasteiger partial charge in [-0.15, -0.1) is 0 Å². The summed E-state index contributed by atoms with van der Waals surface area (Å²) in [5, 5.41) is 0.818. The molecule has 17 heavy (non-hydrogen) atoms. The molecule has 0 saturated heterocycles. The summed E-state index contributed by atoms with van der Waals surface area (Å²) in [6.45, 7) is 0. The molecule has 0 aliphatic heterocycles. The average Bonchev–Trinajstić information content (AvgIpc) is 2.57. The maximum absolute atomic E-state index is 11.2. The Morgan fingerprint density at radius 3 is 2.76 bits per heavy atom. The van der Waals surface area contributed by atoms with Crippen LogP contribution in [-0.2, 0) is 9.05 Å². The molecule has 1 aliphatic carbocycles. The van der Waals surface area contributed by atoms with Gasteiger partial charge in [-0.25, -0.2) is 13.4 Å². The predicted octanol–water partition coefficient (Wildman–Crippen LogP) is 2.69. The number of rotatable bonds is 2. The van der Waals surface area contributed by atoms with E-state index in [0.717, 1.165) is 11.0 Å². The first-order valence-corrected chi connectivity index (χ1v) is 7.78. The lowest BCUT2D eigenvalue weighted by atomic mass is 9.93. The zero-order valence-electron chi connectivity index (χ0n) is 9.01. The minimum Gasteiger partial charge on any atom is -0.329 e. The van der Waals surface area contributed by atoms with Crippen LogP contribution in [0.1, 0.15) is 25.3 Å². The second-order valence-electron chi connectivity index (χ2n) is 4.33. The van der Waals surface area contributed by atoms with E-state index < -0.39 is 9.05 Å². The fraction of sp³-hybridized carbons (Fsp3) is 0.364. The lowest BCUT2D eigenvalue weighted by Crippen LogP contribution is -2.16. The molecule has 2 aromatic rings. The summed E-state index contributed by atoms with van der Waals surface area (Å²) in [6.07, 6.45) is 6.87. The molecule has 3 rings (SSSR count). The number of aromatic nitrogens is 2. The van der Waals surface area contributed by atoms with Crippen molar-refractivity contribution in [2.24, 2.45) is 0 Å². The van der Waals surface area contributed by atoms with Crippen LogP contribution >= 0.6 is 10.7 Å². The molecule has 4 nitrogen and oxygen atoms in total. The van der Waals surface area contributed by atoms with Gasteiger partial charge in [-0.05, 0) is 31.4 Å². The third-order valence-corrected chi connectivity index (χ3v) is 4.60. The second kappa shape index (κ2) is 3.71. The molecule has 0 bridgehead atoms. The maximum atomic E-state index is 11.2. The normalized spacial score (nSPS) is 17.2. The van der Waals surface area contributed by atoms with Crippen LogP contribution < -0.4 is 0 Å². The molecule has 0 aromatic carbocycles. The smallest absolute Gasteiger partial charge is 0.262 e. The van der Waals surface area contributed by atoms with E-state index in [-0.39, 0.29) is 4.90 Å². The second-order valence-corrected chi connectivity index (χ2v) is 6.90. The van der Waals surface area contributed by atoms with Gasteiger partial charge in [0.15, 0.2) is 0 Å². The van der Waals surface area contributed by atoms with Gasteiger partial charge in [-0.1, -0.05) is 0 Å². The van der Waals surface area contributed by atoms with Gasteiger partial charge in [-0.2, -0.15) is 0 Å². The van der Waals surface area contributed by atoms with E-state index in [1.165, 1.54) is 25.5 Å². The lowest BCUT2D eigenvalue weighted by Gasteiger charge is -2.27. The monoisotopic (exact) mass is 270 g/mol. The van der Waals surface area contributed by atoms with Crippen LogP contribution in [0.15, 0.2) is 29.4 Å². The summed E-state index contributed by atoms with van der Waals surface area (Å²) in [4.78, 5) is 4.26. The molecule has 0 spiro atoms. The maximum Gasteiger partial charge on any atom is 0.262 e. The number of halogens is 1. The quantitative estimate of drug-likeness (QED) is 0.789. The Kier molecular flexibility index (Phi) is 2.41. The third kappa shape index (κ3) is 1.83. The molecule has 2 heterocycles. The van der Waals surface area contributed by atoms with Crippen molar-refractivity contribution < 1.29 is 8.42 Å². The van der Waals surface area contributed by atoms with Crippen molar-refractivity contribution in [3.63, 3.8) is 0 Å². The zero-order chi connectivity index (χ0) is 12.0. The summed E-state index contributed by atoms with van der Waals surface area (Å²) in [5.74, 6) is 0. The van der Waals surface area contributed by atoms with Gasteiger partial charge in [-0.3, -0.25) is 0 Å². The molecule has 1 aliphatic rings. The van der Waals surface area contributed by atoms with Gasteiger partial charge in [0, 0.05) is 34.5 Å². The van der Waals surface area contributed by atoms with Gasteiger partial charge in [0.25, 0.3) is 9.05 Å². The minimum atomic E-state index is -3.70. The Morgan fingerprint density at radius 1 is 1.41 bits per heavy atom. The summed E-state index contributed by atoms with van der Waals surface area (Å²) in [7, 11) is 1.60. The molecule has 0 amide bonds. The van der Waals surface area contributed by atoms with Crippen molar-refractivity contribution in [1.82, 2.24) is 9.55 Å². The van der Waals surface area contributed by atoms with Gasteiger partial charge in [0.05, 0.1) is 0 Å². The molecule has 1 fully saturated rings. The molecule has 0 atom stereocenters. The predicted molar refractivity (Wildman–Crippen MR) is 65.7 cm³/mol. The highest BCUT2D eigenvalue weighted by molar-refractivity contribution is 8.13. The van der Waals surface area contributed by atoms with E-state index in [9.17, 15) is 8.42 Å². The van der Waals surface area contributed by atoms with Crippen molar-refractivity contribution in [1.29, 1.82) is 0 Å². The highest BCUT2D eigenvalue weighted by Gasteiger charge is 2.21. The summed E-state index contributed by atoms with van der Waals surface area (Å²) >= 11 is 0. The van der Waals surface area contributed by atoms with Crippen LogP contribution in [0.3, 0.4) is 0 Å². The molecule has 0 N–H and O–H groups in total. The van der Waals surface area contributed by atoms with E-state index in [1.807, 2.05) is 12.3 Å². The Balaban J connectivity index is 2.13. The van der Waals surface area contributed by atoms with Gasteiger partial charge in [0.2, 0.25) is 0 Å². The topological polar surface area (TPSA) is 52.0 Å². The van der Waals surface area contributed by atoms with Crippen LogP contribution in [0.5, 0.6) is 0 Å². The summed E-state index contributed by atoms with van der Waals surface area (Å²) in [5.41, 5.74) is 0.832. The standard InChI is InChI=1S/C11H11ClN2O2S/c12-17(15,16)10-6-8-4-5-14(9-2-1-3-9)11(8)13-7-10/h4-7,9H,1-3H2. The van der Waals surface area contributed by atoms with E-state index >= 15 is 0 Å². The number of pyridine rings is 1. The van der Waals surface area contributed by atoms with Crippen LogP contribution in [0.25, 0.3) is 11.0 Å². The fourth-order valence-electron chi connectivity index (χ4n) is 2.12. The first-order valence-electron chi connectivity index (χ1n) is 5.47. The van der Waals surface area contributed by atoms with Crippen LogP contribution in [-0.4, -0.2) is 18.0 Å². The Bertz CT molecular complexity index is 674. The molecule has 1 saturated carbocycles.